The van der Waals surface area contributed by atoms with Crippen molar-refractivity contribution in [2.24, 2.45) is 11.8 Å². The van der Waals surface area contributed by atoms with E-state index in [1.54, 1.807) is 19.9 Å². The molecular weight excluding hydrogens is 425 g/mol. The molecule has 2 aromatic rings. The monoisotopic (exact) mass is 460 g/mol. The molecule has 0 aliphatic carbocycles. The van der Waals surface area contributed by atoms with Gasteiger partial charge in [0.15, 0.2) is 5.78 Å². The molecule has 1 saturated heterocycles. The van der Waals surface area contributed by atoms with E-state index in [1.807, 2.05) is 0 Å². The Morgan fingerprint density at radius 3 is 2.42 bits per heavy atom. The van der Waals surface area contributed by atoms with E-state index >= 15 is 0 Å². The maximum Gasteiger partial charge on any atom is 0.417 e. The Balaban J connectivity index is 1.89. The minimum Gasteiger partial charge on any atom is -0.303 e. The number of hydrogen-bond donors (Lipinski definition) is 0. The van der Waals surface area contributed by atoms with Crippen LogP contribution in [0.15, 0.2) is 30.3 Å². The first-order valence-electron chi connectivity index (χ1n) is 12.0. The lowest BCUT2D eigenvalue weighted by Gasteiger charge is -2.32. The Bertz CT molecular complexity index is 964. The number of piperidine rings is 1. The lowest BCUT2D eigenvalue weighted by Crippen LogP contribution is -2.37. The van der Waals surface area contributed by atoms with Gasteiger partial charge in [0.25, 0.3) is 0 Å². The number of pyridine rings is 1. The van der Waals surface area contributed by atoms with Crippen molar-refractivity contribution in [2.45, 2.75) is 66.0 Å². The summed E-state index contributed by atoms with van der Waals surface area (Å²) in [5.74, 6) is 0.597. The molecule has 0 amide bonds. The van der Waals surface area contributed by atoms with Gasteiger partial charge in [-0.15, -0.1) is 0 Å². The van der Waals surface area contributed by atoms with Crippen molar-refractivity contribution in [1.29, 1.82) is 0 Å². The van der Waals surface area contributed by atoms with Crippen LogP contribution in [0.2, 0.25) is 0 Å². The molecule has 3 nitrogen and oxygen atoms in total. The molecule has 3 rings (SSSR count). The summed E-state index contributed by atoms with van der Waals surface area (Å²) in [7, 11) is 0. The molecule has 0 N–H and O–H groups in total. The van der Waals surface area contributed by atoms with Crippen LogP contribution < -0.4 is 0 Å². The number of rotatable bonds is 8. The Hall–Kier alpha value is -2.21. The van der Waals surface area contributed by atoms with Crippen molar-refractivity contribution >= 4 is 5.78 Å². The van der Waals surface area contributed by atoms with Gasteiger partial charge in [-0.1, -0.05) is 38.3 Å². The molecule has 1 aromatic carbocycles. The van der Waals surface area contributed by atoms with Crippen LogP contribution in [0, 0.1) is 25.7 Å². The van der Waals surface area contributed by atoms with Crippen molar-refractivity contribution in [3.05, 3.63) is 52.7 Å². The number of hydrogen-bond acceptors (Lipinski definition) is 3. The van der Waals surface area contributed by atoms with Gasteiger partial charge in [-0.25, -0.2) is 0 Å². The Morgan fingerprint density at radius 1 is 1.09 bits per heavy atom. The number of ketones is 1. The van der Waals surface area contributed by atoms with Crippen LogP contribution in [0.25, 0.3) is 11.3 Å². The fourth-order valence-corrected chi connectivity index (χ4v) is 4.69. The van der Waals surface area contributed by atoms with Gasteiger partial charge in [-0.2, -0.15) is 13.2 Å². The van der Waals surface area contributed by atoms with Gasteiger partial charge in [0, 0.05) is 29.8 Å². The number of benzene rings is 1. The second-order valence-corrected chi connectivity index (χ2v) is 9.56. The zero-order valence-corrected chi connectivity index (χ0v) is 20.1. The summed E-state index contributed by atoms with van der Waals surface area (Å²) >= 11 is 0. The van der Waals surface area contributed by atoms with Crippen LogP contribution in [0.5, 0.6) is 0 Å². The summed E-state index contributed by atoms with van der Waals surface area (Å²) in [5.41, 5.74) is 1.19. The highest BCUT2D eigenvalue weighted by atomic mass is 19.4. The molecule has 0 radical (unpaired) electrons. The lowest BCUT2D eigenvalue weighted by molar-refractivity contribution is -0.137. The fourth-order valence-electron chi connectivity index (χ4n) is 4.69. The number of nitrogens with zero attached hydrogens (tertiary/aromatic N) is 2. The molecule has 6 heteroatoms. The van der Waals surface area contributed by atoms with Gasteiger partial charge in [0.1, 0.15) is 0 Å². The van der Waals surface area contributed by atoms with Crippen LogP contribution in [0.1, 0.15) is 73.1 Å². The summed E-state index contributed by atoms with van der Waals surface area (Å²) in [5, 5.41) is 0. The zero-order chi connectivity index (χ0) is 24.2. The van der Waals surface area contributed by atoms with Gasteiger partial charge < -0.3 is 4.90 Å². The molecule has 1 fully saturated rings. The van der Waals surface area contributed by atoms with Crippen LogP contribution >= 0.6 is 0 Å². The fraction of sp³-hybridized carbons (Fsp3) is 0.556. The Kier molecular flexibility index (Phi) is 8.33. The first kappa shape index (κ1) is 25.4. The van der Waals surface area contributed by atoms with Gasteiger partial charge in [-0.3, -0.25) is 9.78 Å². The van der Waals surface area contributed by atoms with Crippen LogP contribution in [0.3, 0.4) is 0 Å². The van der Waals surface area contributed by atoms with E-state index in [0.717, 1.165) is 32.1 Å². The number of Topliss-reactive ketones (excluding diaryl/α,β-unsaturated/α-hetero) is 1. The third kappa shape index (κ3) is 6.66. The standard InChI is InChI=1S/C27H35F3N2O/c1-5-19(3)22(17-32-11-7-6-8-12-32)16-26(33)21-14-20(4)31-25(15-21)23-13-18(2)9-10-24(23)27(28,29)30/h9-10,13-15,19,22H,5-8,11-12,16-17H2,1-4H3/t19?,22-/m1/s1. The Morgan fingerprint density at radius 2 is 1.79 bits per heavy atom. The maximum absolute atomic E-state index is 13.6. The smallest absolute Gasteiger partial charge is 0.303 e. The molecule has 1 aliphatic heterocycles. The SMILES string of the molecule is CCC(C)[C@H](CC(=O)c1cc(C)nc(-c2cc(C)ccc2C(F)(F)F)c1)CN1CCCCC1. The summed E-state index contributed by atoms with van der Waals surface area (Å²) in [6, 6.07) is 7.27. The highest BCUT2D eigenvalue weighted by molar-refractivity contribution is 5.97. The average Bonchev–Trinajstić information content (AvgIpc) is 2.77. The van der Waals surface area contributed by atoms with Crippen molar-refractivity contribution in [3.8, 4) is 11.3 Å². The van der Waals surface area contributed by atoms with Crippen LogP contribution in [-0.4, -0.2) is 35.3 Å². The first-order valence-corrected chi connectivity index (χ1v) is 12.0. The number of alkyl halides is 3. The summed E-state index contributed by atoms with van der Waals surface area (Å²) in [6.45, 7) is 10.9. The van der Waals surface area contributed by atoms with Gasteiger partial charge in [0.05, 0.1) is 11.3 Å². The summed E-state index contributed by atoms with van der Waals surface area (Å²) in [6.07, 6.45) is 0.563. The molecule has 180 valence electrons. The van der Waals surface area contributed by atoms with E-state index in [-0.39, 0.29) is 23.0 Å². The highest BCUT2D eigenvalue weighted by Gasteiger charge is 2.34. The first-order chi connectivity index (χ1) is 15.6. The summed E-state index contributed by atoms with van der Waals surface area (Å²) in [4.78, 5) is 20.2. The third-order valence-electron chi connectivity index (χ3n) is 6.87. The zero-order valence-electron chi connectivity index (χ0n) is 20.1. The Labute approximate surface area is 195 Å². The highest BCUT2D eigenvalue weighted by Crippen LogP contribution is 2.37. The molecule has 1 aliphatic rings. The topological polar surface area (TPSA) is 33.2 Å². The van der Waals surface area contributed by atoms with E-state index in [0.29, 0.717) is 29.2 Å². The molecule has 0 saturated carbocycles. The van der Waals surface area contributed by atoms with Gasteiger partial charge in [-0.05, 0) is 75.9 Å². The number of aromatic nitrogens is 1. The van der Waals surface area contributed by atoms with E-state index in [2.05, 4.69) is 23.7 Å². The molecule has 0 bridgehead atoms. The second-order valence-electron chi connectivity index (χ2n) is 9.56. The van der Waals surface area contributed by atoms with Crippen molar-refractivity contribution in [3.63, 3.8) is 0 Å². The quantitative estimate of drug-likeness (QED) is 0.394. The second kappa shape index (κ2) is 10.8. The van der Waals surface area contributed by atoms with E-state index in [4.69, 9.17) is 0 Å². The number of aryl methyl sites for hydroxylation is 2. The predicted molar refractivity (Wildman–Crippen MR) is 126 cm³/mol. The van der Waals surface area contributed by atoms with Crippen LogP contribution in [-0.2, 0) is 6.18 Å². The number of likely N-dealkylation sites (tertiary alicyclic amines) is 1. The van der Waals surface area contributed by atoms with Gasteiger partial charge in [0.2, 0.25) is 0 Å². The largest absolute Gasteiger partial charge is 0.417 e. The van der Waals surface area contributed by atoms with Crippen molar-refractivity contribution in [1.82, 2.24) is 9.88 Å². The van der Waals surface area contributed by atoms with Crippen molar-refractivity contribution in [2.75, 3.05) is 19.6 Å². The van der Waals surface area contributed by atoms with Gasteiger partial charge >= 0.3 is 6.18 Å². The number of carbonyl (C=O) groups is 1. The van der Waals surface area contributed by atoms with E-state index < -0.39 is 11.7 Å². The summed E-state index contributed by atoms with van der Waals surface area (Å²) < 4.78 is 40.9. The predicted octanol–water partition coefficient (Wildman–Crippen LogP) is 7.11. The maximum atomic E-state index is 13.6. The molecular formula is C27H35F3N2O. The van der Waals surface area contributed by atoms with Crippen molar-refractivity contribution < 1.29 is 18.0 Å². The molecule has 2 atom stereocenters. The molecule has 1 aromatic heterocycles. The molecule has 33 heavy (non-hydrogen) atoms. The number of carbonyl (C=O) groups excluding carboxylic acids is 1. The normalized spacial score (nSPS) is 17.1. The van der Waals surface area contributed by atoms with E-state index in [1.165, 1.54) is 37.5 Å². The van der Waals surface area contributed by atoms with Crippen LogP contribution in [0.4, 0.5) is 13.2 Å². The molecule has 1 unspecified atom stereocenters. The minimum absolute atomic E-state index is 0.0204. The van der Waals surface area contributed by atoms with E-state index in [9.17, 15) is 18.0 Å². The third-order valence-corrected chi connectivity index (χ3v) is 6.87. The molecule has 0 spiro atoms. The average molecular weight is 461 g/mol. The molecule has 2 heterocycles. The minimum atomic E-state index is -4.49. The number of halogens is 3. The lowest BCUT2D eigenvalue weighted by atomic mass is 9.85.